The van der Waals surface area contributed by atoms with E-state index >= 15 is 0 Å². The number of nitrogens with zero attached hydrogens (tertiary/aromatic N) is 3. The van der Waals surface area contributed by atoms with Crippen molar-refractivity contribution in [3.63, 3.8) is 0 Å². The Morgan fingerprint density at radius 1 is 1.47 bits per heavy atom. The molecule has 0 aliphatic heterocycles. The van der Waals surface area contributed by atoms with Crippen molar-refractivity contribution in [2.75, 3.05) is 23.4 Å². The van der Waals surface area contributed by atoms with Crippen molar-refractivity contribution < 1.29 is 0 Å². The maximum absolute atomic E-state index is 5.35. The van der Waals surface area contributed by atoms with Crippen LogP contribution in [0.4, 0.5) is 11.6 Å². The molecule has 1 rings (SSSR count). The van der Waals surface area contributed by atoms with Gasteiger partial charge in [0.25, 0.3) is 0 Å². The minimum absolute atomic E-state index is 0.606. The van der Waals surface area contributed by atoms with Crippen LogP contribution in [0, 0.1) is 0 Å². The lowest BCUT2D eigenvalue weighted by Gasteiger charge is -2.22. The van der Waals surface area contributed by atoms with E-state index in [0.717, 1.165) is 29.8 Å². The van der Waals surface area contributed by atoms with E-state index < -0.39 is 0 Å². The minimum atomic E-state index is 0.606. The van der Waals surface area contributed by atoms with Gasteiger partial charge in [-0.2, -0.15) is 0 Å². The lowest BCUT2D eigenvalue weighted by atomic mass is 10.4. The first-order valence-electron chi connectivity index (χ1n) is 4.96. The Morgan fingerprint density at radius 3 is 2.73 bits per heavy atom. The molecule has 0 amide bonds. The predicted octanol–water partition coefficient (Wildman–Crippen LogP) is 1.76. The molecule has 1 aromatic heterocycles. The zero-order chi connectivity index (χ0) is 11.3. The zero-order valence-corrected chi connectivity index (χ0v) is 10.6. The number of nitrogen functional groups attached to an aromatic ring is 1. The van der Waals surface area contributed by atoms with Gasteiger partial charge in [-0.25, -0.2) is 15.8 Å². The summed E-state index contributed by atoms with van der Waals surface area (Å²) in [6.07, 6.45) is 2.59. The maximum Gasteiger partial charge on any atom is 0.159 e. The largest absolute Gasteiger partial charge is 0.356 e. The van der Waals surface area contributed by atoms with Crippen molar-refractivity contribution in [3.05, 3.63) is 10.8 Å². The van der Waals surface area contributed by atoms with E-state index in [1.54, 1.807) is 0 Å². The highest BCUT2D eigenvalue weighted by Crippen LogP contribution is 2.28. The van der Waals surface area contributed by atoms with Crippen molar-refractivity contribution in [2.45, 2.75) is 20.3 Å². The van der Waals surface area contributed by atoms with E-state index in [4.69, 9.17) is 5.84 Å². The van der Waals surface area contributed by atoms with Gasteiger partial charge in [-0.1, -0.05) is 6.92 Å². The van der Waals surface area contributed by atoms with Gasteiger partial charge < -0.3 is 10.3 Å². The van der Waals surface area contributed by atoms with Crippen LogP contribution in [0.25, 0.3) is 0 Å². The summed E-state index contributed by atoms with van der Waals surface area (Å²) in [5.41, 5.74) is 2.53. The summed E-state index contributed by atoms with van der Waals surface area (Å²) in [7, 11) is 0. The molecular weight excluding hydrogens is 258 g/mol. The van der Waals surface area contributed by atoms with Gasteiger partial charge in [-0.3, -0.25) is 0 Å². The van der Waals surface area contributed by atoms with Crippen LogP contribution in [0.3, 0.4) is 0 Å². The number of hydrazine groups is 1. The number of hydrogen-bond donors (Lipinski definition) is 2. The number of anilines is 2. The van der Waals surface area contributed by atoms with Crippen LogP contribution in [-0.2, 0) is 0 Å². The van der Waals surface area contributed by atoms with E-state index in [2.05, 4.69) is 50.1 Å². The average Bonchev–Trinajstić information content (AvgIpc) is 2.27. The molecule has 0 unspecified atom stereocenters. The first-order chi connectivity index (χ1) is 7.24. The summed E-state index contributed by atoms with van der Waals surface area (Å²) in [6, 6.07) is 0. The van der Waals surface area contributed by atoms with Gasteiger partial charge >= 0.3 is 0 Å². The van der Waals surface area contributed by atoms with Crippen molar-refractivity contribution in [3.8, 4) is 0 Å². The monoisotopic (exact) mass is 273 g/mol. The van der Waals surface area contributed by atoms with Gasteiger partial charge in [0.15, 0.2) is 5.82 Å². The third-order valence-electron chi connectivity index (χ3n) is 2.08. The number of nitrogens with two attached hydrogens (primary N) is 1. The number of nitrogens with one attached hydrogen (secondary N) is 1. The van der Waals surface area contributed by atoms with Gasteiger partial charge in [0.1, 0.15) is 16.6 Å². The van der Waals surface area contributed by atoms with E-state index in [1.165, 1.54) is 6.33 Å². The lowest BCUT2D eigenvalue weighted by molar-refractivity contribution is 0.774. The Hall–Kier alpha value is -0.880. The van der Waals surface area contributed by atoms with Crippen LogP contribution in [0.1, 0.15) is 20.3 Å². The smallest absolute Gasteiger partial charge is 0.159 e. The molecule has 15 heavy (non-hydrogen) atoms. The molecule has 0 aliphatic carbocycles. The molecule has 0 fully saturated rings. The quantitative estimate of drug-likeness (QED) is 0.632. The third kappa shape index (κ3) is 2.79. The molecule has 0 atom stereocenters. The summed E-state index contributed by atoms with van der Waals surface area (Å²) in [4.78, 5) is 10.4. The SMILES string of the molecule is CCCN(CC)c1ncnc(NN)c1Br. The molecule has 5 nitrogen and oxygen atoms in total. The highest BCUT2D eigenvalue weighted by atomic mass is 79.9. The number of rotatable bonds is 5. The first-order valence-corrected chi connectivity index (χ1v) is 5.75. The van der Waals surface area contributed by atoms with Crippen LogP contribution in [-0.4, -0.2) is 23.1 Å². The van der Waals surface area contributed by atoms with Crippen LogP contribution in [0.2, 0.25) is 0 Å². The summed E-state index contributed by atoms with van der Waals surface area (Å²) in [5, 5.41) is 0. The standard InChI is InChI=1S/C9H16BrN5/c1-3-5-15(4-2)9-7(10)8(14-11)12-6-13-9/h6H,3-5,11H2,1-2H3,(H,12,13,14). The fourth-order valence-electron chi connectivity index (χ4n) is 1.37. The van der Waals surface area contributed by atoms with Crippen molar-refractivity contribution in [1.82, 2.24) is 9.97 Å². The van der Waals surface area contributed by atoms with E-state index in [1.807, 2.05) is 0 Å². The molecule has 0 bridgehead atoms. The average molecular weight is 274 g/mol. The van der Waals surface area contributed by atoms with Crippen LogP contribution >= 0.6 is 15.9 Å². The fourth-order valence-corrected chi connectivity index (χ4v) is 1.94. The predicted molar refractivity (Wildman–Crippen MR) is 65.7 cm³/mol. The maximum atomic E-state index is 5.35. The van der Waals surface area contributed by atoms with Crippen molar-refractivity contribution >= 4 is 27.6 Å². The molecule has 1 heterocycles. The molecule has 0 aliphatic rings. The molecule has 0 saturated heterocycles. The summed E-state index contributed by atoms with van der Waals surface area (Å²) < 4.78 is 0.808. The molecule has 3 N–H and O–H groups in total. The summed E-state index contributed by atoms with van der Waals surface area (Å²) in [6.45, 7) is 6.11. The highest BCUT2D eigenvalue weighted by Gasteiger charge is 2.12. The summed E-state index contributed by atoms with van der Waals surface area (Å²) >= 11 is 3.44. The van der Waals surface area contributed by atoms with E-state index in [9.17, 15) is 0 Å². The molecule has 0 saturated carbocycles. The van der Waals surface area contributed by atoms with Crippen molar-refractivity contribution in [1.29, 1.82) is 0 Å². The number of aromatic nitrogens is 2. The Labute approximate surface area is 98.2 Å². The highest BCUT2D eigenvalue weighted by molar-refractivity contribution is 9.10. The van der Waals surface area contributed by atoms with Crippen LogP contribution < -0.4 is 16.2 Å². The molecular formula is C9H16BrN5. The second-order valence-corrected chi connectivity index (χ2v) is 3.88. The first kappa shape index (κ1) is 12.2. The molecule has 6 heteroatoms. The Morgan fingerprint density at radius 2 is 2.20 bits per heavy atom. The van der Waals surface area contributed by atoms with Gasteiger partial charge in [0.2, 0.25) is 0 Å². The minimum Gasteiger partial charge on any atom is -0.356 e. The number of hydrogen-bond acceptors (Lipinski definition) is 5. The van der Waals surface area contributed by atoms with Gasteiger partial charge in [0, 0.05) is 13.1 Å². The van der Waals surface area contributed by atoms with Gasteiger partial charge in [-0.15, -0.1) is 0 Å². The third-order valence-corrected chi connectivity index (χ3v) is 2.81. The molecule has 0 aromatic carbocycles. The molecule has 1 aromatic rings. The second-order valence-electron chi connectivity index (χ2n) is 3.08. The lowest BCUT2D eigenvalue weighted by Crippen LogP contribution is -2.25. The van der Waals surface area contributed by atoms with Crippen LogP contribution in [0.5, 0.6) is 0 Å². The fraction of sp³-hybridized carbons (Fsp3) is 0.556. The van der Waals surface area contributed by atoms with Crippen molar-refractivity contribution in [2.24, 2.45) is 5.84 Å². The Balaban J connectivity index is 3.01. The number of halogens is 1. The normalized spacial score (nSPS) is 10.1. The molecule has 0 radical (unpaired) electrons. The molecule has 84 valence electrons. The zero-order valence-electron chi connectivity index (χ0n) is 9.00. The van der Waals surface area contributed by atoms with Gasteiger partial charge in [0.05, 0.1) is 0 Å². The van der Waals surface area contributed by atoms with Gasteiger partial charge in [-0.05, 0) is 29.3 Å². The molecule has 0 spiro atoms. The van der Waals surface area contributed by atoms with Crippen LogP contribution in [0.15, 0.2) is 10.8 Å². The Bertz CT molecular complexity index is 317. The Kier molecular flexibility index (Phi) is 4.77. The topological polar surface area (TPSA) is 67.1 Å². The van der Waals surface area contributed by atoms with E-state index in [-0.39, 0.29) is 0 Å². The van der Waals surface area contributed by atoms with E-state index in [0.29, 0.717) is 5.82 Å². The second kappa shape index (κ2) is 5.87. The summed E-state index contributed by atoms with van der Waals surface area (Å²) in [5.74, 6) is 6.83.